The maximum absolute atomic E-state index is 12.5. The third-order valence-corrected chi connectivity index (χ3v) is 5.34. The van der Waals surface area contributed by atoms with E-state index in [1.54, 1.807) is 0 Å². The Labute approximate surface area is 169 Å². The molecule has 0 unspecified atom stereocenters. The molecule has 0 bridgehead atoms. The molecule has 1 heterocycles. The van der Waals surface area contributed by atoms with Crippen LogP contribution in [0, 0.1) is 0 Å². The van der Waals surface area contributed by atoms with E-state index in [0.717, 1.165) is 57.1 Å². The zero-order chi connectivity index (χ0) is 19.6. The summed E-state index contributed by atoms with van der Waals surface area (Å²) in [5, 5.41) is 0. The predicted molar refractivity (Wildman–Crippen MR) is 116 cm³/mol. The molecule has 2 aromatic carbocycles. The van der Waals surface area contributed by atoms with E-state index in [1.165, 1.54) is 18.5 Å². The first-order valence-corrected chi connectivity index (χ1v) is 10.5. The van der Waals surface area contributed by atoms with Crippen LogP contribution in [0.25, 0.3) is 0 Å². The molecule has 2 aromatic rings. The number of Topliss-reactive ketones (excluding diaryl/α,β-unsaturated/α-hetero) is 1. The van der Waals surface area contributed by atoms with Gasteiger partial charge in [-0.15, -0.1) is 0 Å². The average Bonchev–Trinajstić information content (AvgIpc) is 2.76. The van der Waals surface area contributed by atoms with Crippen molar-refractivity contribution in [2.75, 3.05) is 44.2 Å². The molecule has 150 valence electrons. The second-order valence-electron chi connectivity index (χ2n) is 7.42. The molecule has 0 atom stereocenters. The maximum Gasteiger partial charge on any atom is 0.164 e. The number of carbonyl (C=O) groups is 1. The van der Waals surface area contributed by atoms with Crippen LogP contribution in [0.15, 0.2) is 54.6 Å². The van der Waals surface area contributed by atoms with E-state index in [2.05, 4.69) is 47.1 Å². The van der Waals surface area contributed by atoms with Gasteiger partial charge in [-0.1, -0.05) is 38.0 Å². The van der Waals surface area contributed by atoms with Crippen molar-refractivity contribution >= 4 is 11.5 Å². The van der Waals surface area contributed by atoms with Crippen LogP contribution in [0.4, 0.5) is 5.69 Å². The highest BCUT2D eigenvalue weighted by Gasteiger charge is 2.18. The summed E-state index contributed by atoms with van der Waals surface area (Å²) in [5.41, 5.74) is 2.07. The number of unbranched alkanes of at least 4 members (excludes halogenated alkanes) is 2. The van der Waals surface area contributed by atoms with Crippen LogP contribution in [0.1, 0.15) is 43.0 Å². The Morgan fingerprint density at radius 1 is 0.929 bits per heavy atom. The van der Waals surface area contributed by atoms with Crippen LogP contribution in [-0.2, 0) is 0 Å². The van der Waals surface area contributed by atoms with Crippen LogP contribution in [0.3, 0.4) is 0 Å². The second kappa shape index (κ2) is 10.9. The molecule has 1 aliphatic heterocycles. The SMILES string of the molecule is CCCCCOc1ccc(C(=O)CCN2CCN(c3ccccc3)CC2)cc1. The number of nitrogens with zero attached hydrogens (tertiary/aromatic N) is 2. The minimum absolute atomic E-state index is 0.211. The highest BCUT2D eigenvalue weighted by atomic mass is 16.5. The Kier molecular flexibility index (Phi) is 7.92. The van der Waals surface area contributed by atoms with Gasteiger partial charge in [0, 0.05) is 50.4 Å². The molecule has 4 nitrogen and oxygen atoms in total. The first-order valence-electron chi connectivity index (χ1n) is 10.5. The van der Waals surface area contributed by atoms with E-state index in [-0.39, 0.29) is 5.78 Å². The van der Waals surface area contributed by atoms with Gasteiger partial charge in [0.1, 0.15) is 5.75 Å². The number of ketones is 1. The van der Waals surface area contributed by atoms with Crippen molar-refractivity contribution in [2.45, 2.75) is 32.6 Å². The normalized spacial score (nSPS) is 14.8. The maximum atomic E-state index is 12.5. The van der Waals surface area contributed by atoms with Crippen molar-refractivity contribution < 1.29 is 9.53 Å². The topological polar surface area (TPSA) is 32.8 Å². The van der Waals surface area contributed by atoms with E-state index in [4.69, 9.17) is 4.74 Å². The molecule has 0 aromatic heterocycles. The van der Waals surface area contributed by atoms with Gasteiger partial charge in [0.2, 0.25) is 0 Å². The Bertz CT molecular complexity index is 707. The lowest BCUT2D eigenvalue weighted by molar-refractivity contribution is 0.0962. The number of ether oxygens (including phenoxy) is 1. The summed E-state index contributed by atoms with van der Waals surface area (Å²) in [6.07, 6.45) is 4.03. The van der Waals surface area contributed by atoms with Crippen molar-refractivity contribution in [3.05, 3.63) is 60.2 Å². The lowest BCUT2D eigenvalue weighted by atomic mass is 10.1. The smallest absolute Gasteiger partial charge is 0.164 e. The number of benzene rings is 2. The number of anilines is 1. The van der Waals surface area contributed by atoms with Crippen molar-refractivity contribution in [3.8, 4) is 5.75 Å². The predicted octanol–water partition coefficient (Wildman–Crippen LogP) is 4.65. The highest BCUT2D eigenvalue weighted by Crippen LogP contribution is 2.17. The minimum Gasteiger partial charge on any atom is -0.494 e. The minimum atomic E-state index is 0.211. The molecule has 0 radical (unpaired) electrons. The summed E-state index contributed by atoms with van der Waals surface area (Å²) >= 11 is 0. The largest absolute Gasteiger partial charge is 0.494 e. The number of piperazine rings is 1. The molecule has 4 heteroatoms. The zero-order valence-electron chi connectivity index (χ0n) is 17.0. The monoisotopic (exact) mass is 380 g/mol. The van der Waals surface area contributed by atoms with E-state index in [9.17, 15) is 4.79 Å². The Morgan fingerprint density at radius 2 is 1.64 bits per heavy atom. The number of para-hydroxylation sites is 1. The molecule has 0 aliphatic carbocycles. The van der Waals surface area contributed by atoms with Crippen LogP contribution >= 0.6 is 0 Å². The van der Waals surface area contributed by atoms with Gasteiger partial charge in [0.15, 0.2) is 5.78 Å². The molecule has 0 spiro atoms. The van der Waals surface area contributed by atoms with Gasteiger partial charge >= 0.3 is 0 Å². The third kappa shape index (κ3) is 6.10. The van der Waals surface area contributed by atoms with Gasteiger partial charge in [-0.25, -0.2) is 0 Å². The summed E-state index contributed by atoms with van der Waals surface area (Å²) in [7, 11) is 0. The summed E-state index contributed by atoms with van der Waals surface area (Å²) in [6, 6.07) is 18.2. The van der Waals surface area contributed by atoms with Gasteiger partial charge in [-0.05, 0) is 42.8 Å². The average molecular weight is 381 g/mol. The van der Waals surface area contributed by atoms with Crippen molar-refractivity contribution in [1.82, 2.24) is 4.90 Å². The van der Waals surface area contributed by atoms with Crippen molar-refractivity contribution in [3.63, 3.8) is 0 Å². The van der Waals surface area contributed by atoms with Crippen LogP contribution in [-0.4, -0.2) is 50.0 Å². The number of hydrogen-bond donors (Lipinski definition) is 0. The van der Waals surface area contributed by atoms with Gasteiger partial charge < -0.3 is 9.64 Å². The summed E-state index contributed by atoms with van der Waals surface area (Å²) in [6.45, 7) is 7.81. The first-order chi connectivity index (χ1) is 13.8. The number of hydrogen-bond acceptors (Lipinski definition) is 4. The fraction of sp³-hybridized carbons (Fsp3) is 0.458. The Balaban J connectivity index is 1.38. The quantitative estimate of drug-likeness (QED) is 0.444. The van der Waals surface area contributed by atoms with Crippen LogP contribution < -0.4 is 9.64 Å². The van der Waals surface area contributed by atoms with Crippen LogP contribution in [0.2, 0.25) is 0 Å². The second-order valence-corrected chi connectivity index (χ2v) is 7.42. The first kappa shape index (κ1) is 20.4. The zero-order valence-corrected chi connectivity index (χ0v) is 17.0. The van der Waals surface area contributed by atoms with E-state index >= 15 is 0 Å². The lowest BCUT2D eigenvalue weighted by Gasteiger charge is -2.36. The fourth-order valence-electron chi connectivity index (χ4n) is 3.55. The molecular weight excluding hydrogens is 348 g/mol. The number of rotatable bonds is 10. The fourth-order valence-corrected chi connectivity index (χ4v) is 3.55. The summed E-state index contributed by atoms with van der Waals surface area (Å²) in [5.74, 6) is 1.06. The molecule has 1 fully saturated rings. The molecule has 3 rings (SSSR count). The Morgan fingerprint density at radius 3 is 2.32 bits per heavy atom. The van der Waals surface area contributed by atoms with Crippen molar-refractivity contribution in [1.29, 1.82) is 0 Å². The van der Waals surface area contributed by atoms with E-state index in [1.807, 2.05) is 24.3 Å². The third-order valence-electron chi connectivity index (χ3n) is 5.34. The van der Waals surface area contributed by atoms with E-state index in [0.29, 0.717) is 6.42 Å². The lowest BCUT2D eigenvalue weighted by Crippen LogP contribution is -2.46. The van der Waals surface area contributed by atoms with Gasteiger partial charge in [-0.3, -0.25) is 9.69 Å². The van der Waals surface area contributed by atoms with Crippen molar-refractivity contribution in [2.24, 2.45) is 0 Å². The molecule has 0 N–H and O–H groups in total. The molecule has 0 amide bonds. The molecule has 0 saturated carbocycles. The highest BCUT2D eigenvalue weighted by molar-refractivity contribution is 5.96. The molecule has 28 heavy (non-hydrogen) atoms. The van der Waals surface area contributed by atoms with E-state index < -0.39 is 0 Å². The van der Waals surface area contributed by atoms with Gasteiger partial charge in [-0.2, -0.15) is 0 Å². The molecule has 1 saturated heterocycles. The number of carbonyl (C=O) groups excluding carboxylic acids is 1. The molecular formula is C24H32N2O2. The van der Waals surface area contributed by atoms with Gasteiger partial charge in [0.25, 0.3) is 0 Å². The van der Waals surface area contributed by atoms with Gasteiger partial charge in [0.05, 0.1) is 6.61 Å². The standard InChI is InChI=1S/C24H32N2O2/c1-2-3-7-20-28-23-12-10-21(11-13-23)24(27)14-15-25-16-18-26(19-17-25)22-8-5-4-6-9-22/h4-6,8-13H,2-3,7,14-20H2,1H3. The Hall–Kier alpha value is -2.33. The van der Waals surface area contributed by atoms with Crippen LogP contribution in [0.5, 0.6) is 5.75 Å². The molecule has 1 aliphatic rings. The summed E-state index contributed by atoms with van der Waals surface area (Å²) in [4.78, 5) is 17.3. The summed E-state index contributed by atoms with van der Waals surface area (Å²) < 4.78 is 5.72.